The highest BCUT2D eigenvalue weighted by atomic mass is 35.5. The molecule has 0 aliphatic heterocycles. The largest absolute Gasteiger partial charge is 0.361 e. The highest BCUT2D eigenvalue weighted by Crippen LogP contribution is 2.41. The van der Waals surface area contributed by atoms with E-state index in [9.17, 15) is 4.79 Å². The van der Waals surface area contributed by atoms with E-state index in [0.717, 1.165) is 39.6 Å². The van der Waals surface area contributed by atoms with E-state index >= 15 is 0 Å². The zero-order valence-electron chi connectivity index (χ0n) is 12.1. The summed E-state index contributed by atoms with van der Waals surface area (Å²) >= 11 is 6.09. The Morgan fingerprint density at radius 3 is 2.86 bits per heavy atom. The minimum atomic E-state index is 0.646. The van der Waals surface area contributed by atoms with Gasteiger partial charge in [-0.2, -0.15) is 0 Å². The van der Waals surface area contributed by atoms with Crippen molar-refractivity contribution in [2.75, 3.05) is 0 Å². The Morgan fingerprint density at radius 1 is 1.18 bits per heavy atom. The number of aromatic nitrogens is 1. The number of nitrogens with one attached hydrogen (secondary N) is 1. The SMILES string of the molecule is Cc1cccc2[nH]cc(C3=C(C=O)Cc4cc(Cl)ccc43)c12. The van der Waals surface area contributed by atoms with Gasteiger partial charge in [0.05, 0.1) is 0 Å². The van der Waals surface area contributed by atoms with Gasteiger partial charge in [-0.05, 0) is 47.4 Å². The lowest BCUT2D eigenvalue weighted by molar-refractivity contribution is -0.104. The first kappa shape index (κ1) is 13.4. The molecule has 0 saturated heterocycles. The molecule has 1 aliphatic carbocycles. The van der Waals surface area contributed by atoms with Crippen LogP contribution in [0.1, 0.15) is 22.3 Å². The van der Waals surface area contributed by atoms with Gasteiger partial charge in [-0.3, -0.25) is 4.79 Å². The van der Waals surface area contributed by atoms with Gasteiger partial charge in [0.2, 0.25) is 0 Å². The Morgan fingerprint density at radius 2 is 2.05 bits per heavy atom. The van der Waals surface area contributed by atoms with Crippen LogP contribution in [0, 0.1) is 6.92 Å². The summed E-state index contributed by atoms with van der Waals surface area (Å²) in [6, 6.07) is 12.0. The first-order valence-corrected chi connectivity index (χ1v) is 7.61. The molecule has 0 fully saturated rings. The molecule has 3 heteroatoms. The molecule has 1 N–H and O–H groups in total. The van der Waals surface area contributed by atoms with Gasteiger partial charge in [-0.1, -0.05) is 29.8 Å². The van der Waals surface area contributed by atoms with Crippen LogP contribution in [0.4, 0.5) is 0 Å². The van der Waals surface area contributed by atoms with Gasteiger partial charge < -0.3 is 4.98 Å². The minimum absolute atomic E-state index is 0.646. The van der Waals surface area contributed by atoms with Gasteiger partial charge in [0.15, 0.2) is 0 Å². The molecule has 0 unspecified atom stereocenters. The van der Waals surface area contributed by atoms with E-state index in [-0.39, 0.29) is 0 Å². The van der Waals surface area contributed by atoms with Gasteiger partial charge in [-0.25, -0.2) is 0 Å². The maximum absolute atomic E-state index is 11.6. The molecule has 22 heavy (non-hydrogen) atoms. The van der Waals surface area contributed by atoms with Gasteiger partial charge in [0.1, 0.15) is 6.29 Å². The minimum Gasteiger partial charge on any atom is -0.361 e. The van der Waals surface area contributed by atoms with Crippen LogP contribution in [-0.2, 0) is 11.2 Å². The molecule has 0 bridgehead atoms. The van der Waals surface area contributed by atoms with Crippen LogP contribution in [0.2, 0.25) is 5.02 Å². The van der Waals surface area contributed by atoms with E-state index in [1.54, 1.807) is 0 Å². The summed E-state index contributed by atoms with van der Waals surface area (Å²) in [4.78, 5) is 14.9. The van der Waals surface area contributed by atoms with Crippen molar-refractivity contribution in [1.82, 2.24) is 4.98 Å². The molecule has 1 heterocycles. The fraction of sp³-hybridized carbons (Fsp3) is 0.105. The Balaban J connectivity index is 2.03. The number of H-pyrrole nitrogens is 1. The Bertz CT molecular complexity index is 949. The molecular weight excluding hydrogens is 294 g/mol. The van der Waals surface area contributed by atoms with Crippen LogP contribution < -0.4 is 0 Å². The second-order valence-corrected chi connectivity index (χ2v) is 6.13. The molecule has 1 aliphatic rings. The maximum Gasteiger partial charge on any atom is 0.147 e. The van der Waals surface area contributed by atoms with Crippen LogP contribution in [0.3, 0.4) is 0 Å². The highest BCUT2D eigenvalue weighted by molar-refractivity contribution is 6.30. The molecule has 0 atom stereocenters. The zero-order chi connectivity index (χ0) is 15.3. The molecule has 0 saturated carbocycles. The van der Waals surface area contributed by atoms with E-state index in [1.165, 1.54) is 10.9 Å². The second-order valence-electron chi connectivity index (χ2n) is 5.70. The Kier molecular flexibility index (Phi) is 2.95. The summed E-state index contributed by atoms with van der Waals surface area (Å²) < 4.78 is 0. The molecule has 108 valence electrons. The number of carbonyl (C=O) groups is 1. The second kappa shape index (κ2) is 4.85. The molecule has 1 aromatic heterocycles. The van der Waals surface area contributed by atoms with Gasteiger partial charge >= 0.3 is 0 Å². The van der Waals surface area contributed by atoms with Crippen LogP contribution >= 0.6 is 11.6 Å². The smallest absolute Gasteiger partial charge is 0.147 e. The van der Waals surface area contributed by atoms with E-state index in [2.05, 4.69) is 24.0 Å². The lowest BCUT2D eigenvalue weighted by Crippen LogP contribution is -1.89. The number of aldehydes is 1. The molecule has 0 spiro atoms. The molecule has 0 amide bonds. The topological polar surface area (TPSA) is 32.9 Å². The fourth-order valence-electron chi connectivity index (χ4n) is 3.40. The van der Waals surface area contributed by atoms with Crippen molar-refractivity contribution >= 4 is 34.4 Å². The van der Waals surface area contributed by atoms with E-state index in [1.807, 2.05) is 30.5 Å². The lowest BCUT2D eigenvalue weighted by atomic mass is 9.95. The van der Waals surface area contributed by atoms with E-state index < -0.39 is 0 Å². The summed E-state index contributed by atoms with van der Waals surface area (Å²) in [6.45, 7) is 2.10. The van der Waals surface area contributed by atoms with Crippen molar-refractivity contribution in [1.29, 1.82) is 0 Å². The molecule has 0 radical (unpaired) electrons. The van der Waals surface area contributed by atoms with Gasteiger partial charge in [0.25, 0.3) is 0 Å². The maximum atomic E-state index is 11.6. The Hall–Kier alpha value is -2.32. The van der Waals surface area contributed by atoms with E-state index in [0.29, 0.717) is 11.4 Å². The predicted octanol–water partition coefficient (Wildman–Crippen LogP) is 4.69. The highest BCUT2D eigenvalue weighted by Gasteiger charge is 2.24. The number of aromatic amines is 1. The molecule has 4 rings (SSSR count). The summed E-state index contributed by atoms with van der Waals surface area (Å²) in [5.74, 6) is 0. The summed E-state index contributed by atoms with van der Waals surface area (Å²) in [5, 5.41) is 1.89. The standard InChI is InChI=1S/C19H14ClNO/c1-11-3-2-4-17-18(11)16(9-21-17)19-13(10-22)7-12-8-14(20)5-6-15(12)19/h2-6,8-10,21H,7H2,1H3. The third-order valence-electron chi connectivity index (χ3n) is 4.36. The fourth-order valence-corrected chi connectivity index (χ4v) is 3.60. The zero-order valence-corrected chi connectivity index (χ0v) is 12.9. The normalized spacial score (nSPS) is 13.7. The average molecular weight is 308 g/mol. The van der Waals surface area contributed by atoms with Crippen LogP contribution in [0.15, 0.2) is 48.2 Å². The van der Waals surface area contributed by atoms with Gasteiger partial charge in [-0.15, -0.1) is 0 Å². The van der Waals surface area contributed by atoms with Crippen molar-refractivity contribution in [3.63, 3.8) is 0 Å². The number of halogens is 1. The van der Waals surface area contributed by atoms with Crippen LogP contribution in [0.5, 0.6) is 0 Å². The number of allylic oxidation sites excluding steroid dienone is 1. The summed E-state index contributed by atoms with van der Waals surface area (Å²) in [7, 11) is 0. The predicted molar refractivity (Wildman–Crippen MR) is 90.3 cm³/mol. The van der Waals surface area contributed by atoms with Crippen molar-refractivity contribution < 1.29 is 4.79 Å². The number of benzene rings is 2. The van der Waals surface area contributed by atoms with Crippen molar-refractivity contribution in [3.8, 4) is 0 Å². The van der Waals surface area contributed by atoms with Crippen molar-refractivity contribution in [3.05, 3.63) is 75.4 Å². The first-order valence-electron chi connectivity index (χ1n) is 7.23. The number of fused-ring (bicyclic) bond motifs is 2. The molecular formula is C19H14ClNO. The van der Waals surface area contributed by atoms with Gasteiger partial charge in [0, 0.05) is 39.7 Å². The van der Waals surface area contributed by atoms with Crippen LogP contribution in [-0.4, -0.2) is 11.3 Å². The van der Waals surface area contributed by atoms with Crippen LogP contribution in [0.25, 0.3) is 16.5 Å². The number of hydrogen-bond donors (Lipinski definition) is 1. The molecule has 2 aromatic carbocycles. The molecule has 2 nitrogen and oxygen atoms in total. The molecule has 3 aromatic rings. The third kappa shape index (κ3) is 1.84. The number of rotatable bonds is 2. The summed E-state index contributed by atoms with van der Waals surface area (Å²) in [6.07, 6.45) is 3.62. The van der Waals surface area contributed by atoms with E-state index in [4.69, 9.17) is 11.6 Å². The van der Waals surface area contributed by atoms with Crippen molar-refractivity contribution in [2.24, 2.45) is 0 Å². The monoisotopic (exact) mass is 307 g/mol. The number of carbonyl (C=O) groups excluding carboxylic acids is 1. The third-order valence-corrected chi connectivity index (χ3v) is 4.60. The number of aryl methyl sites for hydroxylation is 1. The Labute approximate surface area is 133 Å². The lowest BCUT2D eigenvalue weighted by Gasteiger charge is -2.07. The average Bonchev–Trinajstić information content (AvgIpc) is 3.08. The summed E-state index contributed by atoms with van der Waals surface area (Å²) in [5.41, 5.74) is 7.46. The quantitative estimate of drug-likeness (QED) is 0.685. The van der Waals surface area contributed by atoms with Crippen molar-refractivity contribution in [2.45, 2.75) is 13.3 Å². The first-order chi connectivity index (χ1) is 10.7. The number of hydrogen-bond acceptors (Lipinski definition) is 1.